The smallest absolute Gasteiger partial charge is 0.414 e. The highest BCUT2D eigenvalue weighted by atomic mass is 16.5. The van der Waals surface area contributed by atoms with Crippen LogP contribution in [0.2, 0.25) is 0 Å². The van der Waals surface area contributed by atoms with Crippen molar-refractivity contribution in [2.24, 2.45) is 5.73 Å². The van der Waals surface area contributed by atoms with Crippen LogP contribution in [0.4, 0.5) is 5.69 Å². The molecule has 0 unspecified atom stereocenters. The van der Waals surface area contributed by atoms with Crippen molar-refractivity contribution in [2.75, 3.05) is 11.9 Å². The number of rotatable bonds is 6. The van der Waals surface area contributed by atoms with Gasteiger partial charge in [-0.15, -0.1) is 0 Å². The van der Waals surface area contributed by atoms with E-state index in [0.29, 0.717) is 6.61 Å². The molecule has 0 spiro atoms. The molecule has 0 aliphatic heterocycles. The minimum atomic E-state index is -1.82. The van der Waals surface area contributed by atoms with E-state index in [1.165, 1.54) is 0 Å². The van der Waals surface area contributed by atoms with Gasteiger partial charge in [-0.3, -0.25) is 9.59 Å². The van der Waals surface area contributed by atoms with Crippen molar-refractivity contribution < 1.29 is 34.1 Å². The van der Waals surface area contributed by atoms with E-state index in [0.717, 1.165) is 17.7 Å². The van der Waals surface area contributed by atoms with Crippen molar-refractivity contribution in [3.05, 3.63) is 59.2 Å². The summed E-state index contributed by atoms with van der Waals surface area (Å²) in [7, 11) is 0. The number of carbonyl (C=O) groups is 4. The molecule has 9 nitrogen and oxygen atoms in total. The maximum absolute atomic E-state index is 12.6. The Bertz CT molecular complexity index is 897. The van der Waals surface area contributed by atoms with Gasteiger partial charge in [0.2, 0.25) is 0 Å². The minimum absolute atomic E-state index is 0.197. The van der Waals surface area contributed by atoms with Crippen molar-refractivity contribution in [1.29, 1.82) is 0 Å². The number of carboxylic acids is 2. The fourth-order valence-corrected chi connectivity index (χ4v) is 2.35. The number of carbonyl (C=O) groups excluding carboxylic acids is 2. The van der Waals surface area contributed by atoms with Crippen LogP contribution in [-0.2, 0) is 16.0 Å². The lowest BCUT2D eigenvalue weighted by atomic mass is 10.1. The standard InChI is InChI=1S/C18H20N2O3.C2H2O4/c1-3-12-8-5-6-11-15(12)20-18(22)14-10-7-9-13(17(19)21)16(14)23-4-2;3-1(4)2(5)6/h5-11H,3-4H2,1-2H3,(H2,19,21)(H,20,22);(H,3,4)(H,5,6). The molecule has 0 saturated heterocycles. The van der Waals surface area contributed by atoms with Gasteiger partial charge in [0.15, 0.2) is 0 Å². The van der Waals surface area contributed by atoms with Crippen molar-refractivity contribution in [2.45, 2.75) is 20.3 Å². The molecule has 0 bridgehead atoms. The Morgan fingerprint density at radius 1 is 0.931 bits per heavy atom. The van der Waals surface area contributed by atoms with Crippen LogP contribution >= 0.6 is 0 Å². The summed E-state index contributed by atoms with van der Waals surface area (Å²) in [6.07, 6.45) is 0.802. The molecule has 0 atom stereocenters. The molecule has 5 N–H and O–H groups in total. The van der Waals surface area contributed by atoms with Crippen molar-refractivity contribution in [3.63, 3.8) is 0 Å². The van der Waals surface area contributed by atoms with Crippen LogP contribution in [0.25, 0.3) is 0 Å². The number of aryl methyl sites for hydroxylation is 1. The van der Waals surface area contributed by atoms with Gasteiger partial charge in [0.1, 0.15) is 5.75 Å². The highest BCUT2D eigenvalue weighted by Crippen LogP contribution is 2.26. The second kappa shape index (κ2) is 11.1. The van der Waals surface area contributed by atoms with Crippen LogP contribution in [0.15, 0.2) is 42.5 Å². The number of benzene rings is 2. The van der Waals surface area contributed by atoms with Gasteiger partial charge in [0, 0.05) is 5.69 Å². The van der Waals surface area contributed by atoms with E-state index in [4.69, 9.17) is 30.3 Å². The summed E-state index contributed by atoms with van der Waals surface area (Å²) >= 11 is 0. The Balaban J connectivity index is 0.000000612. The quantitative estimate of drug-likeness (QED) is 0.539. The lowest BCUT2D eigenvalue weighted by molar-refractivity contribution is -0.159. The number of anilines is 1. The molecule has 154 valence electrons. The van der Waals surface area contributed by atoms with E-state index >= 15 is 0 Å². The highest BCUT2D eigenvalue weighted by molar-refractivity contribution is 6.27. The lowest BCUT2D eigenvalue weighted by Crippen LogP contribution is -2.19. The molecular formula is C20H22N2O7. The number of ether oxygens (including phenoxy) is 1. The van der Waals surface area contributed by atoms with Crippen LogP contribution in [0, 0.1) is 0 Å². The first-order valence-electron chi connectivity index (χ1n) is 8.63. The zero-order valence-corrected chi connectivity index (χ0v) is 16.0. The SMILES string of the molecule is CCOc1c(C(N)=O)cccc1C(=O)Nc1ccccc1CC.O=C(O)C(=O)O. The van der Waals surface area contributed by atoms with Gasteiger partial charge in [-0.1, -0.05) is 31.2 Å². The van der Waals surface area contributed by atoms with Crippen LogP contribution in [-0.4, -0.2) is 40.6 Å². The topological polar surface area (TPSA) is 156 Å². The molecule has 2 rings (SSSR count). The number of hydrogen-bond donors (Lipinski definition) is 4. The van der Waals surface area contributed by atoms with E-state index in [9.17, 15) is 9.59 Å². The molecule has 0 saturated carbocycles. The van der Waals surface area contributed by atoms with Crippen LogP contribution in [0.1, 0.15) is 40.1 Å². The number of nitrogens with one attached hydrogen (secondary N) is 1. The molecule has 2 aromatic carbocycles. The Labute approximate surface area is 167 Å². The molecule has 0 aliphatic carbocycles. The predicted octanol–water partition coefficient (Wildman–Crippen LogP) is 2.15. The monoisotopic (exact) mass is 402 g/mol. The van der Waals surface area contributed by atoms with E-state index < -0.39 is 17.8 Å². The summed E-state index contributed by atoms with van der Waals surface area (Å²) in [4.78, 5) is 42.3. The third kappa shape index (κ3) is 6.65. The Morgan fingerprint density at radius 3 is 2.03 bits per heavy atom. The number of para-hydroxylation sites is 2. The van der Waals surface area contributed by atoms with Gasteiger partial charge in [0.25, 0.3) is 11.8 Å². The lowest BCUT2D eigenvalue weighted by Gasteiger charge is -2.14. The Morgan fingerprint density at radius 2 is 1.52 bits per heavy atom. The van der Waals surface area contributed by atoms with Gasteiger partial charge < -0.3 is 26.0 Å². The number of nitrogens with two attached hydrogens (primary N) is 1. The first-order valence-corrected chi connectivity index (χ1v) is 8.63. The van der Waals surface area contributed by atoms with Gasteiger partial charge in [0.05, 0.1) is 17.7 Å². The summed E-state index contributed by atoms with van der Waals surface area (Å²) in [6.45, 7) is 4.13. The third-order valence-corrected chi connectivity index (χ3v) is 3.64. The summed E-state index contributed by atoms with van der Waals surface area (Å²) in [5.74, 6) is -4.39. The molecule has 0 radical (unpaired) electrons. The zero-order valence-electron chi connectivity index (χ0n) is 16.0. The second-order valence-electron chi connectivity index (χ2n) is 5.55. The summed E-state index contributed by atoms with van der Waals surface area (Å²) in [6, 6.07) is 12.4. The van der Waals surface area contributed by atoms with Crippen LogP contribution < -0.4 is 15.8 Å². The molecule has 2 aromatic rings. The number of primary amides is 1. The number of carboxylic acid groups (broad SMARTS) is 2. The molecule has 2 amide bonds. The number of hydrogen-bond acceptors (Lipinski definition) is 5. The molecule has 0 heterocycles. The third-order valence-electron chi connectivity index (χ3n) is 3.64. The van der Waals surface area contributed by atoms with Gasteiger partial charge in [-0.25, -0.2) is 9.59 Å². The van der Waals surface area contributed by atoms with Gasteiger partial charge in [-0.05, 0) is 37.1 Å². The Hall–Kier alpha value is -3.88. The molecule has 9 heteroatoms. The molecule has 29 heavy (non-hydrogen) atoms. The van der Waals surface area contributed by atoms with Crippen LogP contribution in [0.3, 0.4) is 0 Å². The maximum Gasteiger partial charge on any atom is 0.414 e. The minimum Gasteiger partial charge on any atom is -0.492 e. The van der Waals surface area contributed by atoms with E-state index in [1.54, 1.807) is 25.1 Å². The largest absolute Gasteiger partial charge is 0.492 e. The number of aliphatic carboxylic acids is 2. The second-order valence-corrected chi connectivity index (χ2v) is 5.55. The number of amides is 2. The average molecular weight is 402 g/mol. The van der Waals surface area contributed by atoms with E-state index in [2.05, 4.69) is 5.32 Å². The van der Waals surface area contributed by atoms with Gasteiger partial charge in [-0.2, -0.15) is 0 Å². The highest BCUT2D eigenvalue weighted by Gasteiger charge is 2.19. The van der Waals surface area contributed by atoms with Crippen molar-refractivity contribution >= 4 is 29.4 Å². The zero-order chi connectivity index (χ0) is 22.0. The van der Waals surface area contributed by atoms with Crippen LogP contribution in [0.5, 0.6) is 5.75 Å². The van der Waals surface area contributed by atoms with Crippen molar-refractivity contribution in [3.8, 4) is 5.75 Å². The summed E-state index contributed by atoms with van der Waals surface area (Å²) in [5.41, 5.74) is 7.62. The maximum atomic E-state index is 12.6. The van der Waals surface area contributed by atoms with E-state index in [-0.39, 0.29) is 22.8 Å². The Kier molecular flexibility index (Phi) is 8.84. The summed E-state index contributed by atoms with van der Waals surface area (Å²) in [5, 5.41) is 17.7. The molecule has 0 fully saturated rings. The predicted molar refractivity (Wildman–Crippen MR) is 105 cm³/mol. The fourth-order valence-electron chi connectivity index (χ4n) is 2.35. The van der Waals surface area contributed by atoms with Crippen molar-refractivity contribution in [1.82, 2.24) is 0 Å². The normalized spacial score (nSPS) is 9.59. The molecule has 0 aromatic heterocycles. The summed E-state index contributed by atoms with van der Waals surface area (Å²) < 4.78 is 5.48. The molecule has 0 aliphatic rings. The van der Waals surface area contributed by atoms with Gasteiger partial charge >= 0.3 is 11.9 Å². The fraction of sp³-hybridized carbons (Fsp3) is 0.200. The first-order chi connectivity index (χ1) is 13.7. The first kappa shape index (κ1) is 23.2. The van der Waals surface area contributed by atoms with E-state index in [1.807, 2.05) is 31.2 Å². The molecular weight excluding hydrogens is 380 g/mol. The average Bonchev–Trinajstić information content (AvgIpc) is 2.69.